The van der Waals surface area contributed by atoms with E-state index in [1.807, 2.05) is 0 Å². The fourth-order valence-electron chi connectivity index (χ4n) is 0.985. The standard InChI is InChI=1S/C9H18O3/c1-3-7(2)4-5-8(10)6-9(11)12/h7-8,10H,3-6H2,1-2H3,(H,11,12)/t7-,8-/m1/s1. The summed E-state index contributed by atoms with van der Waals surface area (Å²) in [5, 5.41) is 17.5. The Kier molecular flexibility index (Phi) is 5.72. The summed E-state index contributed by atoms with van der Waals surface area (Å²) < 4.78 is 0. The van der Waals surface area contributed by atoms with Crippen molar-refractivity contribution in [3.8, 4) is 0 Å². The molecule has 0 aliphatic carbocycles. The van der Waals surface area contributed by atoms with Crippen molar-refractivity contribution in [3.63, 3.8) is 0 Å². The third-order valence-corrected chi connectivity index (χ3v) is 2.10. The molecule has 0 radical (unpaired) electrons. The van der Waals surface area contributed by atoms with Gasteiger partial charge in [0.25, 0.3) is 0 Å². The van der Waals surface area contributed by atoms with E-state index in [2.05, 4.69) is 13.8 Å². The largest absolute Gasteiger partial charge is 0.481 e. The van der Waals surface area contributed by atoms with Crippen LogP contribution >= 0.6 is 0 Å². The Labute approximate surface area is 73.4 Å². The molecule has 0 saturated carbocycles. The molecule has 2 N–H and O–H groups in total. The molecule has 0 saturated heterocycles. The number of aliphatic hydroxyl groups is 1. The summed E-state index contributed by atoms with van der Waals surface area (Å²) in [6.07, 6.45) is 1.79. The lowest BCUT2D eigenvalue weighted by molar-refractivity contribution is -0.139. The highest BCUT2D eigenvalue weighted by Gasteiger charge is 2.10. The third kappa shape index (κ3) is 6.16. The molecule has 3 nitrogen and oxygen atoms in total. The molecule has 0 fully saturated rings. The topological polar surface area (TPSA) is 57.5 Å². The minimum Gasteiger partial charge on any atom is -0.481 e. The maximum atomic E-state index is 10.2. The van der Waals surface area contributed by atoms with Crippen molar-refractivity contribution < 1.29 is 15.0 Å². The Bertz CT molecular complexity index is 134. The Hall–Kier alpha value is -0.570. The van der Waals surface area contributed by atoms with E-state index >= 15 is 0 Å². The van der Waals surface area contributed by atoms with Gasteiger partial charge in [-0.2, -0.15) is 0 Å². The van der Waals surface area contributed by atoms with Crippen LogP contribution in [0.25, 0.3) is 0 Å². The molecule has 0 bridgehead atoms. The number of carbonyl (C=O) groups is 1. The van der Waals surface area contributed by atoms with Crippen LogP contribution < -0.4 is 0 Å². The molecule has 0 spiro atoms. The molecule has 0 aromatic heterocycles. The highest BCUT2D eigenvalue weighted by molar-refractivity contribution is 5.67. The van der Waals surface area contributed by atoms with Crippen LogP contribution in [-0.4, -0.2) is 22.3 Å². The SMILES string of the molecule is CC[C@@H](C)CC[C@@H](O)CC(=O)O. The van der Waals surface area contributed by atoms with E-state index in [0.29, 0.717) is 12.3 Å². The van der Waals surface area contributed by atoms with Crippen LogP contribution in [0, 0.1) is 5.92 Å². The van der Waals surface area contributed by atoms with Crippen LogP contribution in [0.3, 0.4) is 0 Å². The van der Waals surface area contributed by atoms with Crippen LogP contribution in [0.5, 0.6) is 0 Å². The minimum atomic E-state index is -0.924. The van der Waals surface area contributed by atoms with Gasteiger partial charge in [-0.15, -0.1) is 0 Å². The van der Waals surface area contributed by atoms with E-state index in [0.717, 1.165) is 12.8 Å². The number of hydrogen-bond donors (Lipinski definition) is 2. The summed E-state index contributed by atoms with van der Waals surface area (Å²) >= 11 is 0. The summed E-state index contributed by atoms with van der Waals surface area (Å²) in [7, 11) is 0. The molecule has 0 rings (SSSR count). The molecule has 0 aromatic carbocycles. The van der Waals surface area contributed by atoms with Gasteiger partial charge in [-0.1, -0.05) is 20.3 Å². The second-order valence-corrected chi connectivity index (χ2v) is 3.34. The van der Waals surface area contributed by atoms with E-state index in [1.165, 1.54) is 0 Å². The van der Waals surface area contributed by atoms with Crippen molar-refractivity contribution in [1.82, 2.24) is 0 Å². The van der Waals surface area contributed by atoms with Gasteiger partial charge in [-0.3, -0.25) is 4.79 Å². The fourth-order valence-corrected chi connectivity index (χ4v) is 0.985. The molecule has 3 heteroatoms. The lowest BCUT2D eigenvalue weighted by atomic mass is 9.99. The second-order valence-electron chi connectivity index (χ2n) is 3.34. The van der Waals surface area contributed by atoms with Gasteiger partial charge in [-0.25, -0.2) is 0 Å². The predicted molar refractivity (Wildman–Crippen MR) is 46.9 cm³/mol. The molecule has 2 atom stereocenters. The number of hydrogen-bond acceptors (Lipinski definition) is 2. The van der Waals surface area contributed by atoms with E-state index < -0.39 is 12.1 Å². The molecular formula is C9H18O3. The zero-order valence-corrected chi connectivity index (χ0v) is 7.79. The van der Waals surface area contributed by atoms with Crippen molar-refractivity contribution in [2.45, 2.75) is 45.6 Å². The molecule has 0 aliphatic heterocycles. The lowest BCUT2D eigenvalue weighted by Crippen LogP contribution is -2.13. The van der Waals surface area contributed by atoms with Gasteiger partial charge in [0.05, 0.1) is 12.5 Å². The molecule has 72 valence electrons. The molecular weight excluding hydrogens is 156 g/mol. The average molecular weight is 174 g/mol. The van der Waals surface area contributed by atoms with Crippen LogP contribution in [0.1, 0.15) is 39.5 Å². The summed E-state index contributed by atoms with van der Waals surface area (Å²) in [6.45, 7) is 4.20. The van der Waals surface area contributed by atoms with Crippen LogP contribution in [0.2, 0.25) is 0 Å². The first-order valence-electron chi connectivity index (χ1n) is 4.46. The van der Waals surface area contributed by atoms with Crippen molar-refractivity contribution in [2.75, 3.05) is 0 Å². The van der Waals surface area contributed by atoms with E-state index in [1.54, 1.807) is 0 Å². The van der Waals surface area contributed by atoms with Crippen LogP contribution in [0.15, 0.2) is 0 Å². The smallest absolute Gasteiger partial charge is 0.305 e. The highest BCUT2D eigenvalue weighted by Crippen LogP contribution is 2.12. The summed E-state index contributed by atoms with van der Waals surface area (Å²) in [6, 6.07) is 0. The van der Waals surface area contributed by atoms with Gasteiger partial charge >= 0.3 is 5.97 Å². The Balaban J connectivity index is 3.43. The number of carboxylic acids is 1. The predicted octanol–water partition coefficient (Wildman–Crippen LogP) is 1.65. The lowest BCUT2D eigenvalue weighted by Gasteiger charge is -2.11. The monoisotopic (exact) mass is 174 g/mol. The van der Waals surface area contributed by atoms with Gasteiger partial charge < -0.3 is 10.2 Å². The molecule has 12 heavy (non-hydrogen) atoms. The number of rotatable bonds is 6. The highest BCUT2D eigenvalue weighted by atomic mass is 16.4. The van der Waals surface area contributed by atoms with E-state index in [-0.39, 0.29) is 6.42 Å². The van der Waals surface area contributed by atoms with Gasteiger partial charge in [0, 0.05) is 0 Å². The van der Waals surface area contributed by atoms with Crippen molar-refractivity contribution in [1.29, 1.82) is 0 Å². The summed E-state index contributed by atoms with van der Waals surface area (Å²) in [5.74, 6) is -0.347. The maximum Gasteiger partial charge on any atom is 0.305 e. The Morgan fingerprint density at radius 3 is 2.42 bits per heavy atom. The van der Waals surface area contributed by atoms with Gasteiger partial charge in [-0.05, 0) is 18.8 Å². The number of carboxylic acid groups (broad SMARTS) is 1. The maximum absolute atomic E-state index is 10.2. The summed E-state index contributed by atoms with van der Waals surface area (Å²) in [4.78, 5) is 10.2. The third-order valence-electron chi connectivity index (χ3n) is 2.10. The summed E-state index contributed by atoms with van der Waals surface area (Å²) in [5.41, 5.74) is 0. The second kappa shape index (κ2) is 6.00. The molecule has 0 aliphatic rings. The zero-order chi connectivity index (χ0) is 9.56. The quantitative estimate of drug-likeness (QED) is 0.643. The number of aliphatic carboxylic acids is 1. The molecule has 0 amide bonds. The first-order valence-corrected chi connectivity index (χ1v) is 4.46. The van der Waals surface area contributed by atoms with Gasteiger partial charge in [0.2, 0.25) is 0 Å². The van der Waals surface area contributed by atoms with Gasteiger partial charge in [0.15, 0.2) is 0 Å². The van der Waals surface area contributed by atoms with Crippen molar-refractivity contribution in [2.24, 2.45) is 5.92 Å². The molecule has 0 unspecified atom stereocenters. The Morgan fingerprint density at radius 2 is 2.00 bits per heavy atom. The normalized spacial score (nSPS) is 15.6. The van der Waals surface area contributed by atoms with E-state index in [4.69, 9.17) is 5.11 Å². The zero-order valence-electron chi connectivity index (χ0n) is 7.79. The molecule has 0 aromatic rings. The first-order chi connectivity index (χ1) is 5.56. The van der Waals surface area contributed by atoms with E-state index in [9.17, 15) is 9.90 Å². The number of aliphatic hydroxyl groups excluding tert-OH is 1. The molecule has 0 heterocycles. The Morgan fingerprint density at radius 1 is 1.42 bits per heavy atom. The fraction of sp³-hybridized carbons (Fsp3) is 0.889. The minimum absolute atomic E-state index is 0.129. The van der Waals surface area contributed by atoms with Crippen LogP contribution in [-0.2, 0) is 4.79 Å². The van der Waals surface area contributed by atoms with Crippen molar-refractivity contribution >= 4 is 5.97 Å². The van der Waals surface area contributed by atoms with Gasteiger partial charge in [0.1, 0.15) is 0 Å². The first kappa shape index (κ1) is 11.4. The average Bonchev–Trinajstić information content (AvgIpc) is 1.99. The van der Waals surface area contributed by atoms with Crippen LogP contribution in [0.4, 0.5) is 0 Å². The van der Waals surface area contributed by atoms with Crippen molar-refractivity contribution in [3.05, 3.63) is 0 Å².